The molecule has 0 rings (SSSR count). The van der Waals surface area contributed by atoms with Crippen LogP contribution in [0.3, 0.4) is 0 Å². The van der Waals surface area contributed by atoms with Crippen molar-refractivity contribution >= 4 is 32.2 Å². The Balaban J connectivity index is 4.61. The Morgan fingerprint density at radius 1 is 0.682 bits per heavy atom. The molecule has 0 spiro atoms. The summed E-state index contributed by atoms with van der Waals surface area (Å²) >= 11 is 0. The zero-order valence-corrected chi connectivity index (χ0v) is 15.1. The van der Waals surface area contributed by atoms with Crippen LogP contribution in [0.25, 0.3) is 0 Å². The highest BCUT2D eigenvalue weighted by atomic mass is 32.2. The third-order valence-electron chi connectivity index (χ3n) is 2.44. The summed E-state index contributed by atoms with van der Waals surface area (Å²) < 4.78 is 52.5. The number of carbonyl (C=O) groups excluding carboxylic acids is 2. The molecule has 0 unspecified atom stereocenters. The van der Waals surface area contributed by atoms with Gasteiger partial charge in [-0.1, -0.05) is 0 Å². The lowest BCUT2D eigenvalue weighted by atomic mass is 10.3. The molecule has 0 aromatic rings. The molecule has 0 aromatic heterocycles. The Kier molecular flexibility index (Phi) is 6.19. The standard InChI is InChI=1S/C12H22O8S2/c1-11(2,3)21(15,16)19-9(13)7-8-10(14)20-22(17,18)12(4,5)6/h7-8H2,1-6H3. The van der Waals surface area contributed by atoms with Crippen molar-refractivity contribution in [2.45, 2.75) is 63.9 Å². The largest absolute Gasteiger partial charge is 0.345 e. The van der Waals surface area contributed by atoms with Crippen molar-refractivity contribution < 1.29 is 34.8 Å². The van der Waals surface area contributed by atoms with E-state index < -0.39 is 54.5 Å². The Bertz CT molecular complexity index is 572. The van der Waals surface area contributed by atoms with Gasteiger partial charge in [0.25, 0.3) is 0 Å². The third kappa shape index (κ3) is 5.91. The number of carbonyl (C=O) groups is 2. The molecule has 0 amide bonds. The van der Waals surface area contributed by atoms with Gasteiger partial charge in [-0.05, 0) is 41.5 Å². The predicted molar refractivity (Wildman–Crippen MR) is 78.8 cm³/mol. The molecule has 0 radical (unpaired) electrons. The van der Waals surface area contributed by atoms with Crippen LogP contribution in [0.1, 0.15) is 54.4 Å². The van der Waals surface area contributed by atoms with Gasteiger partial charge in [-0.15, -0.1) is 0 Å². The molecule has 0 aliphatic carbocycles. The second-order valence-electron chi connectivity index (χ2n) is 6.54. The van der Waals surface area contributed by atoms with Crippen molar-refractivity contribution in [3.05, 3.63) is 0 Å². The summed E-state index contributed by atoms with van der Waals surface area (Å²) in [7, 11) is -8.25. The van der Waals surface area contributed by atoms with Crippen molar-refractivity contribution in [3.8, 4) is 0 Å². The van der Waals surface area contributed by atoms with Gasteiger partial charge in [-0.2, -0.15) is 16.8 Å². The highest BCUT2D eigenvalue weighted by Gasteiger charge is 2.35. The summed E-state index contributed by atoms with van der Waals surface area (Å²) in [6, 6.07) is 0. The lowest BCUT2D eigenvalue weighted by Gasteiger charge is -2.18. The van der Waals surface area contributed by atoms with Crippen LogP contribution in [0, 0.1) is 0 Å². The first-order valence-corrected chi connectivity index (χ1v) is 9.25. The van der Waals surface area contributed by atoms with Crippen molar-refractivity contribution in [3.63, 3.8) is 0 Å². The molecule has 0 N–H and O–H groups in total. The molecule has 0 bridgehead atoms. The second-order valence-corrected chi connectivity index (χ2v) is 11.1. The normalized spacial score (nSPS) is 13.5. The van der Waals surface area contributed by atoms with Crippen LogP contribution in [0.4, 0.5) is 0 Å². The lowest BCUT2D eigenvalue weighted by Crippen LogP contribution is -2.33. The van der Waals surface area contributed by atoms with E-state index in [2.05, 4.69) is 8.37 Å². The predicted octanol–water partition coefficient (Wildman–Crippen LogP) is 1.11. The number of rotatable bonds is 5. The van der Waals surface area contributed by atoms with Gasteiger partial charge in [0.2, 0.25) is 0 Å². The monoisotopic (exact) mass is 358 g/mol. The van der Waals surface area contributed by atoms with Crippen LogP contribution in [0.15, 0.2) is 0 Å². The van der Waals surface area contributed by atoms with Gasteiger partial charge >= 0.3 is 32.2 Å². The van der Waals surface area contributed by atoms with Crippen LogP contribution in [-0.2, 0) is 38.2 Å². The van der Waals surface area contributed by atoms with E-state index in [0.29, 0.717) is 0 Å². The fourth-order valence-electron chi connectivity index (χ4n) is 0.782. The Morgan fingerprint density at radius 3 is 1.09 bits per heavy atom. The fourth-order valence-corrected chi connectivity index (χ4v) is 1.94. The molecule has 0 aliphatic heterocycles. The summed E-state index contributed by atoms with van der Waals surface area (Å²) in [5.74, 6) is -2.31. The van der Waals surface area contributed by atoms with Crippen molar-refractivity contribution in [1.82, 2.24) is 0 Å². The first kappa shape index (κ1) is 20.8. The number of hydrogen-bond acceptors (Lipinski definition) is 8. The van der Waals surface area contributed by atoms with Crippen LogP contribution >= 0.6 is 0 Å². The van der Waals surface area contributed by atoms with Crippen molar-refractivity contribution in [2.75, 3.05) is 0 Å². The summed E-state index contributed by atoms with van der Waals surface area (Å²) in [5.41, 5.74) is 0. The molecule has 0 fully saturated rings. The maximum atomic E-state index is 11.6. The minimum atomic E-state index is -4.12. The van der Waals surface area contributed by atoms with E-state index in [1.807, 2.05) is 0 Å². The van der Waals surface area contributed by atoms with E-state index in [1.165, 1.54) is 41.5 Å². The summed E-state index contributed by atoms with van der Waals surface area (Å²) in [6.07, 6.45) is -1.21. The summed E-state index contributed by atoms with van der Waals surface area (Å²) in [5, 5.41) is 0. The maximum Gasteiger partial charge on any atom is 0.322 e. The van der Waals surface area contributed by atoms with Crippen LogP contribution in [-0.4, -0.2) is 38.3 Å². The molecule has 0 saturated carbocycles. The topological polar surface area (TPSA) is 121 Å². The molecular weight excluding hydrogens is 336 g/mol. The molecule has 0 heterocycles. The molecule has 0 saturated heterocycles. The molecule has 130 valence electrons. The molecule has 0 aromatic carbocycles. The van der Waals surface area contributed by atoms with Gasteiger partial charge in [0.1, 0.15) is 0 Å². The zero-order chi connectivity index (χ0) is 18.0. The average molecular weight is 358 g/mol. The second kappa shape index (κ2) is 6.53. The highest BCUT2D eigenvalue weighted by Crippen LogP contribution is 2.19. The molecule has 8 nitrogen and oxygen atoms in total. The summed E-state index contributed by atoms with van der Waals surface area (Å²) in [6.45, 7) is 8.08. The Hall–Kier alpha value is -1.16. The van der Waals surface area contributed by atoms with Gasteiger partial charge in [-0.3, -0.25) is 9.59 Å². The first-order valence-electron chi connectivity index (χ1n) is 6.43. The highest BCUT2D eigenvalue weighted by molar-refractivity contribution is 7.88. The van der Waals surface area contributed by atoms with Crippen LogP contribution < -0.4 is 0 Å². The van der Waals surface area contributed by atoms with Gasteiger partial charge < -0.3 is 8.37 Å². The van der Waals surface area contributed by atoms with Crippen LogP contribution in [0.5, 0.6) is 0 Å². The van der Waals surface area contributed by atoms with E-state index >= 15 is 0 Å². The summed E-state index contributed by atoms with van der Waals surface area (Å²) in [4.78, 5) is 22.8. The molecule has 0 atom stereocenters. The SMILES string of the molecule is CC(C)(C)S(=O)(=O)OC(=O)CCC(=O)OS(=O)(=O)C(C)(C)C. The third-order valence-corrected chi connectivity index (χ3v) is 6.25. The Morgan fingerprint density at radius 2 is 0.909 bits per heavy atom. The van der Waals surface area contributed by atoms with E-state index in [-0.39, 0.29) is 0 Å². The molecule has 10 heteroatoms. The maximum absolute atomic E-state index is 11.6. The minimum absolute atomic E-state index is 0.603. The van der Waals surface area contributed by atoms with E-state index in [4.69, 9.17) is 0 Å². The molecule has 22 heavy (non-hydrogen) atoms. The van der Waals surface area contributed by atoms with Crippen LogP contribution in [0.2, 0.25) is 0 Å². The molecule has 0 aliphatic rings. The van der Waals surface area contributed by atoms with Crippen molar-refractivity contribution in [2.24, 2.45) is 0 Å². The van der Waals surface area contributed by atoms with Gasteiger partial charge in [0.15, 0.2) is 0 Å². The minimum Gasteiger partial charge on any atom is -0.345 e. The first-order chi connectivity index (χ1) is 9.49. The van der Waals surface area contributed by atoms with E-state index in [1.54, 1.807) is 0 Å². The quantitative estimate of drug-likeness (QED) is 0.670. The average Bonchev–Trinajstić information content (AvgIpc) is 2.21. The van der Waals surface area contributed by atoms with E-state index in [9.17, 15) is 26.4 Å². The number of hydrogen-bond donors (Lipinski definition) is 0. The van der Waals surface area contributed by atoms with Gasteiger partial charge in [0.05, 0.1) is 22.3 Å². The zero-order valence-electron chi connectivity index (χ0n) is 13.5. The lowest BCUT2D eigenvalue weighted by molar-refractivity contribution is -0.140. The van der Waals surface area contributed by atoms with E-state index in [0.717, 1.165) is 0 Å². The molecular formula is C12H22O8S2. The van der Waals surface area contributed by atoms with Crippen molar-refractivity contribution in [1.29, 1.82) is 0 Å². The van der Waals surface area contributed by atoms with Gasteiger partial charge in [-0.25, -0.2) is 0 Å². The van der Waals surface area contributed by atoms with Gasteiger partial charge in [0, 0.05) is 0 Å². The fraction of sp³-hybridized carbons (Fsp3) is 0.833. The Labute approximate surface area is 131 Å². The smallest absolute Gasteiger partial charge is 0.322 e.